The number of aliphatic hydroxyl groups is 2. The maximum atomic E-state index is 14.7. The van der Waals surface area contributed by atoms with Crippen molar-refractivity contribution in [1.82, 2.24) is 4.90 Å². The predicted octanol–water partition coefficient (Wildman–Crippen LogP) is 5.20. The number of piperidine rings is 1. The molecule has 6 aliphatic rings. The molecular weight excluding hydrogens is 955 g/mol. The quantitative estimate of drug-likeness (QED) is 0.0969. The monoisotopic (exact) mass is 1040 g/mol. The summed E-state index contributed by atoms with van der Waals surface area (Å²) in [7, 11) is 1.58. The van der Waals surface area contributed by atoms with E-state index < -0.39 is 108 Å². The minimum atomic E-state index is -2.17. The molecule has 1 aliphatic carbocycles. The molecule has 0 radical (unpaired) electrons. The molecule has 8 N–H and O–H groups in total. The number of carbonyl (C=O) groups excluding carboxylic acids is 5. The number of hydrogen-bond acceptors (Lipinski definition) is 18. The van der Waals surface area contributed by atoms with E-state index in [1.165, 1.54) is 4.90 Å². The SMILES string of the molecule is COC1CC2CCC(C)C(ON)(O2)C(=O)C(=O)N2CCCCC2C(=O)OC(C(C)CC2CCC(ON)C(O)C2)CC(=O)C(C)/C=C(\C)C(ON)C(O)C(=O)C(C)CC(C)C2C=CC(/C=C/1C)ON2c1ccccc1. The maximum absolute atomic E-state index is 14.7. The van der Waals surface area contributed by atoms with Crippen LogP contribution in [-0.4, -0.2) is 125 Å². The van der Waals surface area contributed by atoms with Gasteiger partial charge < -0.3 is 29.3 Å². The number of allylic oxidation sites excluding steroid dienone is 1. The summed E-state index contributed by atoms with van der Waals surface area (Å²) in [4.78, 5) is 95.7. The number of Topliss-reactive ketones (excluding diaryl/α,β-unsaturated/α-hetero) is 3. The lowest BCUT2D eigenvalue weighted by Crippen LogP contribution is -2.62. The summed E-state index contributed by atoms with van der Waals surface area (Å²) in [6, 6.07) is 8.11. The Balaban J connectivity index is 1.36. The number of fused-ring (bicyclic) bond motifs is 16. The second kappa shape index (κ2) is 26.7. The molecule has 19 nitrogen and oxygen atoms in total. The van der Waals surface area contributed by atoms with E-state index in [2.05, 4.69) is 0 Å². The molecule has 3 fully saturated rings. The number of ether oxygens (including phenoxy) is 3. The molecule has 1 aromatic rings. The van der Waals surface area contributed by atoms with Crippen molar-refractivity contribution in [1.29, 1.82) is 0 Å². The number of benzene rings is 1. The Labute approximate surface area is 436 Å². The molecule has 412 valence electrons. The molecule has 19 heteroatoms. The molecule has 1 saturated carbocycles. The third-order valence-electron chi connectivity index (χ3n) is 16.4. The number of ketones is 3. The van der Waals surface area contributed by atoms with Crippen molar-refractivity contribution in [3.63, 3.8) is 0 Å². The van der Waals surface area contributed by atoms with Gasteiger partial charge in [-0.1, -0.05) is 71.0 Å². The number of nitrogens with zero attached hydrogens (tertiary/aromatic N) is 2. The van der Waals surface area contributed by atoms with Crippen molar-refractivity contribution in [3.8, 4) is 0 Å². The van der Waals surface area contributed by atoms with Crippen molar-refractivity contribution in [2.75, 3.05) is 18.7 Å². The van der Waals surface area contributed by atoms with Gasteiger partial charge in [0, 0.05) is 44.2 Å². The van der Waals surface area contributed by atoms with Gasteiger partial charge in [0.1, 0.15) is 42.3 Å². The fraction of sp³-hybridized carbons (Fsp3) is 0.691. The van der Waals surface area contributed by atoms with E-state index in [0.717, 1.165) is 11.3 Å². The van der Waals surface area contributed by atoms with Crippen LogP contribution < -0.4 is 22.8 Å². The minimum Gasteiger partial charge on any atom is -0.460 e. The Kier molecular flexibility index (Phi) is 21.3. The highest BCUT2D eigenvalue weighted by Crippen LogP contribution is 2.40. The smallest absolute Gasteiger partial charge is 0.329 e. The van der Waals surface area contributed by atoms with Crippen molar-refractivity contribution >= 4 is 34.9 Å². The first-order chi connectivity index (χ1) is 35.3. The van der Waals surface area contributed by atoms with Crippen LogP contribution in [0.15, 0.2) is 65.8 Å². The van der Waals surface area contributed by atoms with Gasteiger partial charge in [-0.3, -0.25) is 38.5 Å². The van der Waals surface area contributed by atoms with Gasteiger partial charge in [0.15, 0.2) is 5.78 Å². The van der Waals surface area contributed by atoms with Crippen LogP contribution in [0.2, 0.25) is 0 Å². The van der Waals surface area contributed by atoms with Gasteiger partial charge in [0.05, 0.1) is 30.0 Å². The molecule has 1 aromatic carbocycles. The van der Waals surface area contributed by atoms with Crippen LogP contribution in [0.4, 0.5) is 5.69 Å². The molecule has 4 bridgehead atoms. The molecular formula is C55H83N5O14. The van der Waals surface area contributed by atoms with E-state index in [-0.39, 0.29) is 49.5 Å². The number of nitrogens with two attached hydrogens (primary N) is 3. The second-order valence-electron chi connectivity index (χ2n) is 21.8. The van der Waals surface area contributed by atoms with E-state index in [9.17, 15) is 34.2 Å². The first kappa shape index (κ1) is 59.0. The molecule has 0 aromatic heterocycles. The van der Waals surface area contributed by atoms with Gasteiger partial charge in [-0.2, -0.15) is 0 Å². The largest absolute Gasteiger partial charge is 0.460 e. The van der Waals surface area contributed by atoms with Crippen molar-refractivity contribution in [2.45, 2.75) is 192 Å². The molecule has 1 amide bonds. The summed E-state index contributed by atoms with van der Waals surface area (Å²) in [5, 5.41) is 24.2. The summed E-state index contributed by atoms with van der Waals surface area (Å²) < 4.78 is 18.8. The zero-order chi connectivity index (χ0) is 54.0. The van der Waals surface area contributed by atoms with Gasteiger partial charge >= 0.3 is 5.97 Å². The van der Waals surface area contributed by atoms with Gasteiger partial charge in [0.2, 0.25) is 0 Å². The zero-order valence-electron chi connectivity index (χ0n) is 44.5. The predicted molar refractivity (Wildman–Crippen MR) is 273 cm³/mol. The highest BCUT2D eigenvalue weighted by molar-refractivity contribution is 6.39. The first-order valence-electron chi connectivity index (χ1n) is 26.6. The van der Waals surface area contributed by atoms with Crippen LogP contribution in [0.3, 0.4) is 0 Å². The number of methoxy groups -OCH3 is 1. The van der Waals surface area contributed by atoms with Crippen molar-refractivity contribution in [3.05, 3.63) is 65.8 Å². The number of carbonyl (C=O) groups is 5. The number of esters is 1. The number of rotatable bonds is 8. The normalized spacial score (nSPS) is 38.9. The fourth-order valence-electron chi connectivity index (χ4n) is 11.8. The molecule has 7 rings (SSSR count). The number of anilines is 1. The van der Waals surface area contributed by atoms with Crippen LogP contribution >= 0.6 is 0 Å². The lowest BCUT2D eigenvalue weighted by atomic mass is 9.78. The molecule has 0 spiro atoms. The Morgan fingerprint density at radius 2 is 1.58 bits per heavy atom. The summed E-state index contributed by atoms with van der Waals surface area (Å²) in [6.45, 7) is 12.6. The first-order valence-corrected chi connectivity index (χ1v) is 26.6. The van der Waals surface area contributed by atoms with E-state index in [1.807, 2.05) is 74.4 Å². The molecule has 17 unspecified atom stereocenters. The Hall–Kier alpha value is -4.25. The molecule has 2 saturated heterocycles. The topological polar surface area (TPSA) is 275 Å². The summed E-state index contributed by atoms with van der Waals surface area (Å²) >= 11 is 0. The van der Waals surface area contributed by atoms with Crippen molar-refractivity contribution < 1.29 is 67.7 Å². The fourth-order valence-corrected chi connectivity index (χ4v) is 11.8. The van der Waals surface area contributed by atoms with Gasteiger partial charge in [-0.25, -0.2) is 27.5 Å². The van der Waals surface area contributed by atoms with Crippen LogP contribution in [0.25, 0.3) is 0 Å². The van der Waals surface area contributed by atoms with Gasteiger partial charge in [-0.05, 0) is 125 Å². The summed E-state index contributed by atoms with van der Waals surface area (Å²) in [5.74, 6) is 8.68. The van der Waals surface area contributed by atoms with E-state index in [4.69, 9.17) is 51.3 Å². The number of amides is 1. The Bertz CT molecular complexity index is 2180. The van der Waals surface area contributed by atoms with Crippen molar-refractivity contribution in [2.24, 2.45) is 53.2 Å². The standard InChI is InChI=1S/C55H83N5O14/c1-31-24-35(5)49(63)50(64)51(72-57)36(6)25-32(2)44(61)30-48(33(3)26-38-18-22-46(71-56)45(62)28-38)69-54(67)43-16-12-13-23-59(43)53(66)52(65)55(74-58)37(7)17-19-40(70-55)29-47(68-8)34(4)27-41-20-21-42(31)60(73-41)39-14-10-9-11-15-39/h9-11,14-15,20-21,25,27,31-33,35,37-38,40-43,45-48,50-51,62,64H,12-13,16-19,22-24,26,28-30,56-58H2,1-8H3/b34-27+,36-25+. The third-order valence-corrected chi connectivity index (χ3v) is 16.4. The average molecular weight is 1040 g/mol. The molecule has 17 atom stereocenters. The Morgan fingerprint density at radius 1 is 0.851 bits per heavy atom. The van der Waals surface area contributed by atoms with E-state index in [1.54, 1.807) is 40.9 Å². The lowest BCUT2D eigenvalue weighted by molar-refractivity contribution is -0.289. The average Bonchev–Trinajstić information content (AvgIpc) is 3.39. The van der Waals surface area contributed by atoms with Gasteiger partial charge in [0.25, 0.3) is 17.5 Å². The highest BCUT2D eigenvalue weighted by atomic mass is 16.8. The zero-order valence-corrected chi connectivity index (χ0v) is 44.5. The number of para-hydroxylation sites is 1. The number of aliphatic hydroxyl groups excluding tert-OH is 2. The minimum absolute atomic E-state index is 0.0117. The lowest BCUT2D eigenvalue weighted by Gasteiger charge is -2.44. The molecule has 5 aliphatic heterocycles. The maximum Gasteiger partial charge on any atom is 0.329 e. The van der Waals surface area contributed by atoms with E-state index in [0.29, 0.717) is 63.4 Å². The van der Waals surface area contributed by atoms with Crippen LogP contribution in [-0.2, 0) is 57.5 Å². The second-order valence-corrected chi connectivity index (χ2v) is 21.8. The summed E-state index contributed by atoms with van der Waals surface area (Å²) in [6.07, 6.45) is 5.23. The van der Waals surface area contributed by atoms with Crippen LogP contribution in [0, 0.1) is 35.5 Å². The highest BCUT2D eigenvalue weighted by Gasteiger charge is 2.55. The number of hydroxylamine groups is 1. The van der Waals surface area contributed by atoms with Gasteiger partial charge in [-0.15, -0.1) is 0 Å². The third kappa shape index (κ3) is 13.8. The van der Waals surface area contributed by atoms with E-state index >= 15 is 0 Å². The molecule has 5 heterocycles. The Morgan fingerprint density at radius 3 is 2.24 bits per heavy atom. The number of hydrogen-bond donors (Lipinski definition) is 5. The van der Waals surface area contributed by atoms with Crippen LogP contribution in [0.5, 0.6) is 0 Å². The molecule has 74 heavy (non-hydrogen) atoms. The van der Waals surface area contributed by atoms with Crippen LogP contribution in [0.1, 0.15) is 126 Å². The summed E-state index contributed by atoms with van der Waals surface area (Å²) in [5.41, 5.74) is 1.95.